The number of Topliss-reactive ketones (excluding diaryl/α,β-unsaturated/α-hetero) is 2. The average molecular weight is 338 g/mol. The summed E-state index contributed by atoms with van der Waals surface area (Å²) in [5.74, 6) is 1.13. The zero-order valence-corrected chi connectivity index (χ0v) is 14.4. The predicted octanol–water partition coefficient (Wildman–Crippen LogP) is 2.09. The first-order valence-electron chi connectivity index (χ1n) is 8.25. The fourth-order valence-electron chi connectivity index (χ4n) is 3.43. The molecule has 0 spiro atoms. The van der Waals surface area contributed by atoms with Crippen molar-refractivity contribution in [1.29, 1.82) is 0 Å². The molecule has 6 nitrogen and oxygen atoms in total. The zero-order chi connectivity index (χ0) is 18.3. The molecule has 0 aromatic carbocycles. The Morgan fingerprint density at radius 3 is 2.48 bits per heavy atom. The van der Waals surface area contributed by atoms with Gasteiger partial charge in [-0.2, -0.15) is 0 Å². The van der Waals surface area contributed by atoms with Crippen LogP contribution in [0.25, 0.3) is 0 Å². The summed E-state index contributed by atoms with van der Waals surface area (Å²) in [6.45, 7) is 5.82. The van der Waals surface area contributed by atoms with Crippen molar-refractivity contribution < 1.29 is 14.4 Å². The van der Waals surface area contributed by atoms with E-state index in [1.807, 2.05) is 19.8 Å². The molecule has 6 heteroatoms. The Morgan fingerprint density at radius 2 is 1.88 bits per heavy atom. The average Bonchev–Trinajstić information content (AvgIpc) is 2.58. The van der Waals surface area contributed by atoms with Crippen LogP contribution in [0, 0.1) is 6.92 Å². The van der Waals surface area contributed by atoms with E-state index >= 15 is 0 Å². The molecule has 2 aliphatic rings. The number of rotatable bonds is 3. The van der Waals surface area contributed by atoms with E-state index in [4.69, 9.17) is 0 Å². The Hall–Kier alpha value is -2.98. The Morgan fingerprint density at radius 1 is 1.16 bits per heavy atom. The first kappa shape index (κ1) is 16.9. The summed E-state index contributed by atoms with van der Waals surface area (Å²) in [5.41, 5.74) is 1.62. The number of aromatic amines is 1. The van der Waals surface area contributed by atoms with Gasteiger partial charge in [0.2, 0.25) is 11.3 Å². The molecule has 1 aliphatic carbocycles. The number of hydrogen-bond donors (Lipinski definition) is 1. The third kappa shape index (κ3) is 2.42. The topological polar surface area (TPSA) is 87.3 Å². The molecule has 0 atom stereocenters. The van der Waals surface area contributed by atoms with Gasteiger partial charge in [0, 0.05) is 12.6 Å². The van der Waals surface area contributed by atoms with Gasteiger partial charge in [-0.3, -0.25) is 14.4 Å². The van der Waals surface area contributed by atoms with Crippen molar-refractivity contribution in [2.75, 3.05) is 6.54 Å². The predicted molar refractivity (Wildman–Crippen MR) is 92.1 cm³/mol. The van der Waals surface area contributed by atoms with Gasteiger partial charge in [-0.25, -0.2) is 4.79 Å². The molecular formula is C19H18N2O4. The van der Waals surface area contributed by atoms with Gasteiger partial charge in [0.05, 0.1) is 11.1 Å². The molecule has 3 rings (SSSR count). The highest BCUT2D eigenvalue weighted by atomic mass is 16.1. The van der Waals surface area contributed by atoms with Crippen LogP contribution in [-0.2, 0) is 4.79 Å². The highest BCUT2D eigenvalue weighted by Gasteiger charge is 2.40. The first-order valence-corrected chi connectivity index (χ1v) is 8.25. The first-order chi connectivity index (χ1) is 11.9. The van der Waals surface area contributed by atoms with E-state index in [1.54, 1.807) is 13.0 Å². The minimum atomic E-state index is -0.439. The van der Waals surface area contributed by atoms with Crippen LogP contribution in [0.3, 0.4) is 0 Å². The normalized spacial score (nSPS) is 16.5. The summed E-state index contributed by atoms with van der Waals surface area (Å²) in [6.07, 6.45) is 2.80. The van der Waals surface area contributed by atoms with Crippen molar-refractivity contribution in [3.63, 3.8) is 0 Å². The van der Waals surface area contributed by atoms with E-state index in [9.17, 15) is 19.2 Å². The summed E-state index contributed by atoms with van der Waals surface area (Å²) < 4.78 is 0. The van der Waals surface area contributed by atoms with Gasteiger partial charge in [0.25, 0.3) is 0 Å². The summed E-state index contributed by atoms with van der Waals surface area (Å²) in [6, 6.07) is 1.31. The minimum Gasteiger partial charge on any atom is -0.329 e. The lowest BCUT2D eigenvalue weighted by atomic mass is 9.81. The third-order valence-electron chi connectivity index (χ3n) is 4.50. The van der Waals surface area contributed by atoms with Gasteiger partial charge in [0.15, 0.2) is 11.7 Å². The van der Waals surface area contributed by atoms with Crippen LogP contribution in [0.1, 0.15) is 53.1 Å². The second-order valence-corrected chi connectivity index (χ2v) is 6.11. The maximum Gasteiger partial charge on any atom is 0.248 e. The maximum absolute atomic E-state index is 13.1. The van der Waals surface area contributed by atoms with E-state index in [2.05, 4.69) is 4.98 Å². The number of carbonyl (C=O) groups excluding carboxylic acids is 3. The largest absolute Gasteiger partial charge is 0.329 e. The summed E-state index contributed by atoms with van der Waals surface area (Å²) in [7, 11) is 0. The number of nitrogens with zero attached hydrogens (tertiary/aromatic N) is 1. The van der Waals surface area contributed by atoms with E-state index in [0.29, 0.717) is 36.1 Å². The lowest BCUT2D eigenvalue weighted by Crippen LogP contribution is -2.39. The monoisotopic (exact) mass is 338 g/mol. The Kier molecular flexibility index (Phi) is 4.15. The van der Waals surface area contributed by atoms with Gasteiger partial charge in [0.1, 0.15) is 17.1 Å². The molecule has 1 N–H and O–H groups in total. The van der Waals surface area contributed by atoms with Crippen LogP contribution < -0.4 is 5.56 Å². The number of hydrogen-bond acceptors (Lipinski definition) is 5. The number of allylic oxidation sites excluding steroid dienone is 4. The molecule has 0 unspecified atom stereocenters. The number of aryl methyl sites for hydroxylation is 1. The van der Waals surface area contributed by atoms with Gasteiger partial charge in [-0.15, -0.1) is 0 Å². The second-order valence-electron chi connectivity index (χ2n) is 6.11. The lowest BCUT2D eigenvalue weighted by Gasteiger charge is -2.34. The van der Waals surface area contributed by atoms with Crippen molar-refractivity contribution in [2.24, 2.45) is 0 Å². The van der Waals surface area contributed by atoms with Crippen LogP contribution in [0.4, 0.5) is 0 Å². The van der Waals surface area contributed by atoms with Gasteiger partial charge in [-0.05, 0) is 37.0 Å². The molecule has 1 aromatic rings. The molecule has 0 saturated carbocycles. The zero-order valence-electron chi connectivity index (χ0n) is 14.4. The van der Waals surface area contributed by atoms with Crippen LogP contribution in [0.15, 0.2) is 39.5 Å². The Labute approximate surface area is 144 Å². The van der Waals surface area contributed by atoms with Crippen molar-refractivity contribution in [2.45, 2.75) is 33.6 Å². The van der Waals surface area contributed by atoms with Gasteiger partial charge in [-0.1, -0.05) is 13.8 Å². The SMILES string of the molecule is CCCN1C(=C=O)C=C(CC)C2=C1C(=O)c1[nH]c(=O)cc(C)c1C2=O. The number of fused-ring (bicyclic) bond motifs is 1. The van der Waals surface area contributed by atoms with E-state index < -0.39 is 11.3 Å². The van der Waals surface area contributed by atoms with Crippen molar-refractivity contribution in [3.8, 4) is 0 Å². The van der Waals surface area contributed by atoms with Crippen molar-refractivity contribution in [1.82, 2.24) is 9.88 Å². The molecule has 0 bridgehead atoms. The molecule has 1 aliphatic heterocycles. The third-order valence-corrected chi connectivity index (χ3v) is 4.50. The number of ketones is 2. The smallest absolute Gasteiger partial charge is 0.248 e. The highest BCUT2D eigenvalue weighted by Crippen LogP contribution is 2.38. The molecule has 0 amide bonds. The minimum absolute atomic E-state index is 0.00236. The quantitative estimate of drug-likeness (QED) is 0.853. The Balaban J connectivity index is 2.35. The molecule has 0 saturated heterocycles. The van der Waals surface area contributed by atoms with Gasteiger partial charge >= 0.3 is 0 Å². The van der Waals surface area contributed by atoms with E-state index in [1.165, 1.54) is 11.0 Å². The lowest BCUT2D eigenvalue weighted by molar-refractivity contribution is 0.0944. The van der Waals surface area contributed by atoms with Gasteiger partial charge < -0.3 is 9.88 Å². The fraction of sp³-hybridized carbons (Fsp3) is 0.316. The molecule has 1 aromatic heterocycles. The standard InChI is InChI=1S/C19H18N2O4/c1-4-6-21-12(9-22)8-11(5-2)15-17(21)19(25)16-14(18(15)24)10(3)7-13(23)20-16/h7-8H,4-6H2,1-3H3,(H,20,23). The number of nitrogens with one attached hydrogen (secondary N) is 1. The number of pyridine rings is 1. The Bertz CT molecular complexity index is 972. The molecular weight excluding hydrogens is 320 g/mol. The van der Waals surface area contributed by atoms with Crippen molar-refractivity contribution in [3.05, 3.63) is 61.9 Å². The fourth-order valence-corrected chi connectivity index (χ4v) is 3.43. The van der Waals surface area contributed by atoms with E-state index in [-0.39, 0.29) is 28.4 Å². The van der Waals surface area contributed by atoms with Crippen molar-refractivity contribution >= 4 is 17.5 Å². The molecule has 0 radical (unpaired) electrons. The number of aromatic nitrogens is 1. The molecule has 2 heterocycles. The van der Waals surface area contributed by atoms with Crippen LogP contribution >= 0.6 is 0 Å². The van der Waals surface area contributed by atoms with Crippen LogP contribution in [0.2, 0.25) is 0 Å². The highest BCUT2D eigenvalue weighted by molar-refractivity contribution is 6.28. The van der Waals surface area contributed by atoms with Crippen LogP contribution in [0.5, 0.6) is 0 Å². The van der Waals surface area contributed by atoms with Crippen LogP contribution in [-0.4, -0.2) is 33.9 Å². The number of carbonyl (C=O) groups is 2. The molecule has 25 heavy (non-hydrogen) atoms. The summed E-state index contributed by atoms with van der Waals surface area (Å²) in [5, 5.41) is 0. The molecule has 0 fully saturated rings. The summed E-state index contributed by atoms with van der Waals surface area (Å²) in [4.78, 5) is 53.5. The maximum atomic E-state index is 13.1. The second kappa shape index (κ2) is 6.15. The summed E-state index contributed by atoms with van der Waals surface area (Å²) >= 11 is 0. The number of H-pyrrole nitrogens is 1. The molecule has 128 valence electrons. The van der Waals surface area contributed by atoms with E-state index in [0.717, 1.165) is 0 Å².